The summed E-state index contributed by atoms with van der Waals surface area (Å²) in [6, 6.07) is 0.619. The van der Waals surface area contributed by atoms with E-state index in [0.717, 1.165) is 44.3 Å². The first-order valence-corrected chi connectivity index (χ1v) is 9.78. The lowest BCUT2D eigenvalue weighted by Crippen LogP contribution is -2.36. The van der Waals surface area contributed by atoms with E-state index in [0.29, 0.717) is 12.0 Å². The van der Waals surface area contributed by atoms with Crippen LogP contribution in [0.5, 0.6) is 0 Å². The second-order valence-corrected chi connectivity index (χ2v) is 9.28. The summed E-state index contributed by atoms with van der Waals surface area (Å²) < 4.78 is 5.47. The van der Waals surface area contributed by atoms with Crippen molar-refractivity contribution in [3.05, 3.63) is 0 Å². The molecule has 1 rings (SSSR count). The molecule has 1 saturated heterocycles. The molecule has 1 amide bonds. The van der Waals surface area contributed by atoms with Gasteiger partial charge in [0.15, 0.2) is 0 Å². The Kier molecular flexibility index (Phi) is 8.55. The zero-order valence-electron chi connectivity index (χ0n) is 17.0. The zero-order chi connectivity index (χ0) is 18.3. The van der Waals surface area contributed by atoms with Crippen molar-refractivity contribution in [2.24, 2.45) is 17.8 Å². The minimum Gasteiger partial charge on any atom is -0.444 e. The van der Waals surface area contributed by atoms with E-state index < -0.39 is 5.60 Å². The Hall–Kier alpha value is -0.770. The summed E-state index contributed by atoms with van der Waals surface area (Å²) in [5.74, 6) is 2.06. The van der Waals surface area contributed by atoms with Crippen molar-refractivity contribution in [2.45, 2.75) is 85.8 Å². The summed E-state index contributed by atoms with van der Waals surface area (Å²) in [7, 11) is 0. The maximum absolute atomic E-state index is 12.1. The fourth-order valence-corrected chi connectivity index (χ4v) is 3.45. The first-order valence-electron chi connectivity index (χ1n) is 9.78. The van der Waals surface area contributed by atoms with Gasteiger partial charge in [0.2, 0.25) is 0 Å². The van der Waals surface area contributed by atoms with Gasteiger partial charge in [-0.05, 0) is 70.8 Å². The zero-order valence-corrected chi connectivity index (χ0v) is 17.0. The number of ether oxygens (including phenoxy) is 1. The normalized spacial score (nSPS) is 18.9. The molecule has 4 nitrogen and oxygen atoms in total. The molecule has 1 fully saturated rings. The lowest BCUT2D eigenvalue weighted by molar-refractivity contribution is 0.0287. The fraction of sp³-hybridized carbons (Fsp3) is 0.950. The number of hydrogen-bond donors (Lipinski definition) is 1. The van der Waals surface area contributed by atoms with E-state index in [-0.39, 0.29) is 6.09 Å². The van der Waals surface area contributed by atoms with Crippen LogP contribution in [0.1, 0.15) is 74.1 Å². The highest BCUT2D eigenvalue weighted by Crippen LogP contribution is 2.22. The highest BCUT2D eigenvalue weighted by molar-refractivity contribution is 5.68. The molecule has 0 spiro atoms. The molecule has 0 aliphatic carbocycles. The van der Waals surface area contributed by atoms with Crippen LogP contribution in [0.3, 0.4) is 0 Å². The van der Waals surface area contributed by atoms with Gasteiger partial charge < -0.3 is 15.0 Å². The number of nitrogens with one attached hydrogen (secondary N) is 1. The second-order valence-electron chi connectivity index (χ2n) is 9.28. The Morgan fingerprint density at radius 3 is 2.25 bits per heavy atom. The third-order valence-electron chi connectivity index (χ3n) is 4.43. The van der Waals surface area contributed by atoms with Crippen molar-refractivity contribution >= 4 is 6.09 Å². The molecular weight excluding hydrogens is 300 g/mol. The van der Waals surface area contributed by atoms with Crippen LogP contribution in [0.25, 0.3) is 0 Å². The standard InChI is InChI=1S/C20H40N2O2/c1-15(2)12-18(13-16(3)4)21-10-8-17-9-11-22(14-17)19(23)24-20(5,6)7/h15-18,21H,8-14H2,1-7H3. The third-order valence-corrected chi connectivity index (χ3v) is 4.43. The van der Waals surface area contributed by atoms with Crippen molar-refractivity contribution in [3.8, 4) is 0 Å². The van der Waals surface area contributed by atoms with Crippen LogP contribution in [0.15, 0.2) is 0 Å². The first-order chi connectivity index (χ1) is 11.1. The topological polar surface area (TPSA) is 41.6 Å². The molecule has 1 aliphatic rings. The molecule has 4 heteroatoms. The number of likely N-dealkylation sites (tertiary alicyclic amines) is 1. The Morgan fingerprint density at radius 2 is 1.75 bits per heavy atom. The van der Waals surface area contributed by atoms with Gasteiger partial charge >= 0.3 is 6.09 Å². The molecule has 1 atom stereocenters. The van der Waals surface area contributed by atoms with Gasteiger partial charge in [0.1, 0.15) is 5.60 Å². The van der Waals surface area contributed by atoms with E-state index in [1.165, 1.54) is 12.8 Å². The number of hydrogen-bond acceptors (Lipinski definition) is 3. The third kappa shape index (κ3) is 8.91. The van der Waals surface area contributed by atoms with Gasteiger partial charge in [-0.15, -0.1) is 0 Å². The Bertz CT molecular complexity index is 364. The highest BCUT2D eigenvalue weighted by Gasteiger charge is 2.29. The van der Waals surface area contributed by atoms with Crippen LogP contribution in [-0.4, -0.2) is 42.3 Å². The van der Waals surface area contributed by atoms with Crippen molar-refractivity contribution < 1.29 is 9.53 Å². The molecule has 0 saturated carbocycles. The van der Waals surface area contributed by atoms with Crippen LogP contribution in [-0.2, 0) is 4.74 Å². The van der Waals surface area contributed by atoms with Gasteiger partial charge in [-0.2, -0.15) is 0 Å². The summed E-state index contributed by atoms with van der Waals surface area (Å²) in [5, 5.41) is 3.76. The quantitative estimate of drug-likeness (QED) is 0.697. The number of carbonyl (C=O) groups excluding carboxylic acids is 1. The number of amides is 1. The molecule has 1 N–H and O–H groups in total. The predicted molar refractivity (Wildman–Crippen MR) is 101 cm³/mol. The maximum atomic E-state index is 12.1. The molecule has 142 valence electrons. The number of carbonyl (C=O) groups is 1. The number of rotatable bonds is 8. The molecule has 0 aromatic carbocycles. The minimum atomic E-state index is -0.405. The SMILES string of the molecule is CC(C)CC(CC(C)C)NCCC1CCN(C(=O)OC(C)(C)C)C1. The van der Waals surface area contributed by atoms with E-state index in [2.05, 4.69) is 33.0 Å². The largest absolute Gasteiger partial charge is 0.444 e. The average molecular weight is 341 g/mol. The van der Waals surface area contributed by atoms with E-state index in [1.54, 1.807) is 0 Å². The van der Waals surface area contributed by atoms with Crippen LogP contribution < -0.4 is 5.32 Å². The summed E-state index contributed by atoms with van der Waals surface area (Å²) in [6.45, 7) is 17.7. The van der Waals surface area contributed by atoms with E-state index in [1.807, 2.05) is 25.7 Å². The van der Waals surface area contributed by atoms with Crippen LogP contribution in [0.2, 0.25) is 0 Å². The first kappa shape index (κ1) is 21.3. The van der Waals surface area contributed by atoms with Crippen molar-refractivity contribution in [3.63, 3.8) is 0 Å². The predicted octanol–water partition coefficient (Wildman–Crippen LogP) is 4.68. The van der Waals surface area contributed by atoms with Crippen molar-refractivity contribution in [2.75, 3.05) is 19.6 Å². The van der Waals surface area contributed by atoms with Gasteiger partial charge in [-0.25, -0.2) is 4.79 Å². The summed E-state index contributed by atoms with van der Waals surface area (Å²) in [5.41, 5.74) is -0.405. The van der Waals surface area contributed by atoms with E-state index in [9.17, 15) is 4.79 Å². The minimum absolute atomic E-state index is 0.157. The van der Waals surface area contributed by atoms with Gasteiger partial charge in [-0.3, -0.25) is 0 Å². The second kappa shape index (κ2) is 9.65. The molecular formula is C20H40N2O2. The smallest absolute Gasteiger partial charge is 0.410 e. The Balaban J connectivity index is 2.31. The Morgan fingerprint density at radius 1 is 1.17 bits per heavy atom. The highest BCUT2D eigenvalue weighted by atomic mass is 16.6. The summed E-state index contributed by atoms with van der Waals surface area (Å²) in [4.78, 5) is 14.0. The van der Waals surface area contributed by atoms with Crippen molar-refractivity contribution in [1.82, 2.24) is 10.2 Å². The van der Waals surface area contributed by atoms with Gasteiger partial charge in [-0.1, -0.05) is 27.7 Å². The summed E-state index contributed by atoms with van der Waals surface area (Å²) >= 11 is 0. The summed E-state index contributed by atoms with van der Waals surface area (Å²) in [6.07, 6.45) is 4.57. The van der Waals surface area contributed by atoms with E-state index >= 15 is 0 Å². The van der Waals surface area contributed by atoms with Crippen LogP contribution >= 0.6 is 0 Å². The molecule has 1 aliphatic heterocycles. The molecule has 1 unspecified atom stereocenters. The monoisotopic (exact) mass is 340 g/mol. The van der Waals surface area contributed by atoms with Crippen LogP contribution in [0, 0.1) is 17.8 Å². The molecule has 24 heavy (non-hydrogen) atoms. The van der Waals surface area contributed by atoms with Gasteiger partial charge in [0, 0.05) is 19.1 Å². The molecule has 0 aromatic heterocycles. The lowest BCUT2D eigenvalue weighted by Gasteiger charge is -2.25. The van der Waals surface area contributed by atoms with E-state index in [4.69, 9.17) is 4.74 Å². The lowest BCUT2D eigenvalue weighted by atomic mass is 9.95. The van der Waals surface area contributed by atoms with Gasteiger partial charge in [0.05, 0.1) is 0 Å². The number of nitrogens with zero attached hydrogens (tertiary/aromatic N) is 1. The molecule has 1 heterocycles. The van der Waals surface area contributed by atoms with Gasteiger partial charge in [0.25, 0.3) is 0 Å². The Labute approximate surface area is 149 Å². The average Bonchev–Trinajstić information content (AvgIpc) is 2.84. The van der Waals surface area contributed by atoms with Crippen LogP contribution in [0.4, 0.5) is 4.79 Å². The fourth-order valence-electron chi connectivity index (χ4n) is 3.45. The van der Waals surface area contributed by atoms with Crippen molar-refractivity contribution in [1.29, 1.82) is 0 Å². The maximum Gasteiger partial charge on any atom is 0.410 e. The molecule has 0 bridgehead atoms. The molecule has 0 radical (unpaired) electrons. The molecule has 0 aromatic rings.